The summed E-state index contributed by atoms with van der Waals surface area (Å²) < 4.78 is 24.6. The average Bonchev–Trinajstić information content (AvgIpc) is 3.24. The van der Waals surface area contributed by atoms with Crippen LogP contribution in [0, 0.1) is 5.82 Å². The number of hydrogen-bond acceptors (Lipinski definition) is 6. The first kappa shape index (κ1) is 20.1. The van der Waals surface area contributed by atoms with Gasteiger partial charge < -0.3 is 14.8 Å². The monoisotopic (exact) mass is 388 g/mol. The summed E-state index contributed by atoms with van der Waals surface area (Å²) in [7, 11) is 3.14. The molecule has 0 aliphatic carbocycles. The Bertz CT molecular complexity index is 803. The van der Waals surface area contributed by atoms with Gasteiger partial charge in [-0.05, 0) is 35.9 Å². The Labute approximate surface area is 163 Å². The number of hydrogen-bond donors (Lipinski definition) is 4. The van der Waals surface area contributed by atoms with Gasteiger partial charge in [-0.25, -0.2) is 4.39 Å². The molecule has 4 N–H and O–H groups in total. The van der Waals surface area contributed by atoms with Crippen LogP contribution in [0.15, 0.2) is 36.4 Å². The molecule has 2 aromatic rings. The molecule has 0 unspecified atom stereocenters. The lowest BCUT2D eigenvalue weighted by molar-refractivity contribution is 0.0950. The van der Waals surface area contributed by atoms with Crippen LogP contribution < -0.4 is 30.7 Å². The molecule has 3 rings (SSSR count). The van der Waals surface area contributed by atoms with Gasteiger partial charge in [-0.3, -0.25) is 20.7 Å². The molecule has 1 heterocycles. The largest absolute Gasteiger partial charge is 0.497 e. The maximum Gasteiger partial charge on any atom is 0.251 e. The molecule has 2 aromatic carbocycles. The van der Waals surface area contributed by atoms with Crippen molar-refractivity contribution in [1.82, 2.24) is 21.3 Å². The van der Waals surface area contributed by atoms with E-state index in [-0.39, 0.29) is 18.0 Å². The van der Waals surface area contributed by atoms with Crippen molar-refractivity contribution in [1.29, 1.82) is 0 Å². The highest BCUT2D eigenvalue weighted by atomic mass is 19.1. The van der Waals surface area contributed by atoms with Gasteiger partial charge in [0.15, 0.2) is 0 Å². The van der Waals surface area contributed by atoms with Gasteiger partial charge >= 0.3 is 0 Å². The maximum atomic E-state index is 14.1. The minimum atomic E-state index is -0.348. The lowest BCUT2D eigenvalue weighted by Crippen LogP contribution is -2.44. The molecule has 0 bridgehead atoms. The second kappa shape index (κ2) is 9.50. The van der Waals surface area contributed by atoms with E-state index < -0.39 is 0 Å². The van der Waals surface area contributed by atoms with E-state index >= 15 is 0 Å². The molecule has 0 saturated carbocycles. The highest BCUT2D eigenvalue weighted by Gasteiger charge is 2.14. The second-order valence-electron chi connectivity index (χ2n) is 6.43. The third kappa shape index (κ3) is 5.19. The molecule has 1 saturated heterocycles. The van der Waals surface area contributed by atoms with Crippen LogP contribution in [0.5, 0.6) is 11.5 Å². The zero-order valence-corrected chi connectivity index (χ0v) is 16.0. The van der Waals surface area contributed by atoms with Crippen LogP contribution in [0.2, 0.25) is 0 Å². The van der Waals surface area contributed by atoms with Crippen LogP contribution in [-0.2, 0) is 13.1 Å². The molecule has 0 atom stereocenters. The van der Waals surface area contributed by atoms with Crippen LogP contribution in [0.4, 0.5) is 4.39 Å². The fourth-order valence-corrected chi connectivity index (χ4v) is 2.97. The molecule has 8 heteroatoms. The van der Waals surface area contributed by atoms with E-state index in [1.54, 1.807) is 26.4 Å². The fraction of sp³-hybridized carbons (Fsp3) is 0.350. The molecule has 1 aliphatic rings. The van der Waals surface area contributed by atoms with Gasteiger partial charge in [-0.2, -0.15) is 0 Å². The summed E-state index contributed by atoms with van der Waals surface area (Å²) in [6.07, 6.45) is -0.0556. The first-order valence-corrected chi connectivity index (χ1v) is 9.08. The molecule has 0 radical (unpaired) electrons. The Hall–Kier alpha value is -2.68. The molecule has 0 aromatic heterocycles. The number of nitrogens with one attached hydrogen (secondary N) is 4. The summed E-state index contributed by atoms with van der Waals surface area (Å²) in [6, 6.07) is 9.77. The maximum absolute atomic E-state index is 14.1. The normalized spacial score (nSPS) is 14.1. The number of benzene rings is 2. The van der Waals surface area contributed by atoms with Gasteiger partial charge in [0.05, 0.1) is 14.2 Å². The Morgan fingerprint density at radius 2 is 1.75 bits per heavy atom. The number of carbonyl (C=O) groups excluding carboxylic acids is 1. The SMILES string of the molecule is COc1cc(CNC(=O)c2ccc(F)c(CNC3NCCN3)c2)cc(OC)c1. The molecule has 28 heavy (non-hydrogen) atoms. The quantitative estimate of drug-likeness (QED) is 0.546. The van der Waals surface area contributed by atoms with Crippen LogP contribution in [-0.4, -0.2) is 39.5 Å². The standard InChI is InChI=1S/C20H25FN4O3/c1-27-16-7-13(8-17(10-16)28-2)11-24-19(26)14-3-4-18(21)15(9-14)12-25-20-22-5-6-23-20/h3-4,7-10,20,22-23,25H,5-6,11-12H2,1-2H3,(H,24,26). The van der Waals surface area contributed by atoms with Crippen molar-refractivity contribution in [2.75, 3.05) is 27.3 Å². The Morgan fingerprint density at radius 1 is 1.07 bits per heavy atom. The smallest absolute Gasteiger partial charge is 0.251 e. The number of amides is 1. The van der Waals surface area contributed by atoms with E-state index in [4.69, 9.17) is 9.47 Å². The number of halogens is 1. The lowest BCUT2D eigenvalue weighted by Gasteiger charge is -2.14. The lowest BCUT2D eigenvalue weighted by atomic mass is 10.1. The Morgan fingerprint density at radius 3 is 2.39 bits per heavy atom. The van der Waals surface area contributed by atoms with Gasteiger partial charge in [0.25, 0.3) is 5.91 Å². The summed E-state index contributed by atoms with van der Waals surface area (Å²) >= 11 is 0. The number of ether oxygens (including phenoxy) is 2. The summed E-state index contributed by atoms with van der Waals surface area (Å²) in [5.74, 6) is 0.667. The second-order valence-corrected chi connectivity index (χ2v) is 6.43. The van der Waals surface area contributed by atoms with E-state index in [0.717, 1.165) is 18.7 Å². The van der Waals surface area contributed by atoms with E-state index in [0.29, 0.717) is 35.7 Å². The van der Waals surface area contributed by atoms with Crippen LogP contribution in [0.25, 0.3) is 0 Å². The van der Waals surface area contributed by atoms with Crippen molar-refractivity contribution in [2.24, 2.45) is 0 Å². The van der Waals surface area contributed by atoms with Gasteiger partial charge in [-0.15, -0.1) is 0 Å². The first-order valence-electron chi connectivity index (χ1n) is 9.08. The molecular weight excluding hydrogens is 363 g/mol. The fourth-order valence-electron chi connectivity index (χ4n) is 2.97. The zero-order chi connectivity index (χ0) is 19.9. The highest BCUT2D eigenvalue weighted by molar-refractivity contribution is 5.94. The van der Waals surface area contributed by atoms with Crippen molar-refractivity contribution in [3.63, 3.8) is 0 Å². The zero-order valence-electron chi connectivity index (χ0n) is 16.0. The van der Waals surface area contributed by atoms with E-state index in [9.17, 15) is 9.18 Å². The summed E-state index contributed by atoms with van der Waals surface area (Å²) in [4.78, 5) is 12.5. The molecule has 1 amide bonds. The first-order chi connectivity index (χ1) is 13.6. The Balaban J connectivity index is 1.63. The summed E-state index contributed by atoms with van der Waals surface area (Å²) in [5.41, 5.74) is 1.68. The Kier molecular flexibility index (Phi) is 6.80. The third-order valence-electron chi connectivity index (χ3n) is 4.49. The van der Waals surface area contributed by atoms with Crippen LogP contribution >= 0.6 is 0 Å². The van der Waals surface area contributed by atoms with E-state index in [1.165, 1.54) is 12.1 Å². The summed E-state index contributed by atoms with van der Waals surface area (Å²) in [5, 5.41) is 12.4. The van der Waals surface area contributed by atoms with Crippen molar-refractivity contribution < 1.29 is 18.7 Å². The summed E-state index contributed by atoms with van der Waals surface area (Å²) in [6.45, 7) is 2.33. The molecule has 150 valence electrons. The van der Waals surface area contributed by atoms with Gasteiger partial charge in [0.1, 0.15) is 23.6 Å². The predicted octanol–water partition coefficient (Wildman–Crippen LogP) is 1.34. The minimum Gasteiger partial charge on any atom is -0.497 e. The van der Waals surface area contributed by atoms with Crippen molar-refractivity contribution >= 4 is 5.91 Å². The molecular formula is C20H25FN4O3. The average molecular weight is 388 g/mol. The third-order valence-corrected chi connectivity index (χ3v) is 4.49. The molecule has 0 spiro atoms. The van der Waals surface area contributed by atoms with Crippen molar-refractivity contribution in [3.8, 4) is 11.5 Å². The highest BCUT2D eigenvalue weighted by Crippen LogP contribution is 2.22. The number of methoxy groups -OCH3 is 2. The van der Waals surface area contributed by atoms with Crippen molar-refractivity contribution in [3.05, 3.63) is 58.9 Å². The van der Waals surface area contributed by atoms with Gasteiger partial charge in [0, 0.05) is 43.4 Å². The van der Waals surface area contributed by atoms with E-state index in [2.05, 4.69) is 21.3 Å². The molecule has 1 aliphatic heterocycles. The predicted molar refractivity (Wildman–Crippen MR) is 104 cm³/mol. The number of rotatable bonds is 8. The molecule has 1 fully saturated rings. The van der Waals surface area contributed by atoms with Crippen LogP contribution in [0.1, 0.15) is 21.5 Å². The van der Waals surface area contributed by atoms with Crippen LogP contribution in [0.3, 0.4) is 0 Å². The molecule has 7 nitrogen and oxygen atoms in total. The minimum absolute atomic E-state index is 0.0556. The topological polar surface area (TPSA) is 83.7 Å². The van der Waals surface area contributed by atoms with Gasteiger partial charge in [0.2, 0.25) is 0 Å². The number of carbonyl (C=O) groups is 1. The van der Waals surface area contributed by atoms with Crippen molar-refractivity contribution in [2.45, 2.75) is 19.4 Å². The van der Waals surface area contributed by atoms with E-state index in [1.807, 2.05) is 12.1 Å². The van der Waals surface area contributed by atoms with Gasteiger partial charge in [-0.1, -0.05) is 0 Å².